The van der Waals surface area contributed by atoms with Crippen LogP contribution in [0.2, 0.25) is 5.02 Å². The van der Waals surface area contributed by atoms with Gasteiger partial charge in [0.15, 0.2) is 5.96 Å². The molecule has 1 saturated heterocycles. The molecule has 2 N–H and O–H groups in total. The first-order valence-electron chi connectivity index (χ1n) is 9.98. The fourth-order valence-electron chi connectivity index (χ4n) is 3.18. The SMILES string of the molecule is CCOCCCNC(=NC)NCCCN1CCN(c2ccccc2Cl)CC1.I. The van der Waals surface area contributed by atoms with Crippen LogP contribution in [0.5, 0.6) is 0 Å². The molecule has 28 heavy (non-hydrogen) atoms. The average molecular weight is 524 g/mol. The molecule has 1 aliphatic heterocycles. The number of piperazine rings is 1. The van der Waals surface area contributed by atoms with Gasteiger partial charge in [0.1, 0.15) is 0 Å². The quantitative estimate of drug-likeness (QED) is 0.214. The first-order valence-corrected chi connectivity index (χ1v) is 10.4. The van der Waals surface area contributed by atoms with Gasteiger partial charge in [-0.1, -0.05) is 23.7 Å². The van der Waals surface area contributed by atoms with E-state index in [2.05, 4.69) is 37.6 Å². The molecule has 8 heteroatoms. The highest BCUT2D eigenvalue weighted by Gasteiger charge is 2.18. The molecule has 1 fully saturated rings. The molecule has 0 atom stereocenters. The first kappa shape index (κ1) is 25.3. The Labute approximate surface area is 192 Å². The van der Waals surface area contributed by atoms with E-state index in [0.29, 0.717) is 0 Å². The Morgan fingerprint density at radius 2 is 1.79 bits per heavy atom. The Hall–Kier alpha value is -0.770. The van der Waals surface area contributed by atoms with Crippen molar-refractivity contribution in [2.45, 2.75) is 19.8 Å². The van der Waals surface area contributed by atoms with Crippen LogP contribution in [-0.4, -0.2) is 76.9 Å². The Morgan fingerprint density at radius 1 is 1.11 bits per heavy atom. The lowest BCUT2D eigenvalue weighted by molar-refractivity contribution is 0.145. The minimum absolute atomic E-state index is 0. The molecular formula is C20H35ClIN5O. The largest absolute Gasteiger partial charge is 0.382 e. The molecule has 0 bridgehead atoms. The van der Waals surface area contributed by atoms with Gasteiger partial charge in [-0.05, 0) is 38.4 Å². The molecule has 0 saturated carbocycles. The van der Waals surface area contributed by atoms with Gasteiger partial charge in [-0.25, -0.2) is 0 Å². The predicted molar refractivity (Wildman–Crippen MR) is 131 cm³/mol. The Balaban J connectivity index is 0.00000392. The van der Waals surface area contributed by atoms with Gasteiger partial charge in [0.05, 0.1) is 10.7 Å². The van der Waals surface area contributed by atoms with Crippen molar-refractivity contribution in [1.82, 2.24) is 15.5 Å². The second-order valence-corrected chi connectivity index (χ2v) is 7.02. The van der Waals surface area contributed by atoms with Crippen LogP contribution in [0.15, 0.2) is 29.3 Å². The van der Waals surface area contributed by atoms with Crippen molar-refractivity contribution in [3.05, 3.63) is 29.3 Å². The monoisotopic (exact) mass is 523 g/mol. The summed E-state index contributed by atoms with van der Waals surface area (Å²) in [7, 11) is 1.81. The van der Waals surface area contributed by atoms with Crippen LogP contribution < -0.4 is 15.5 Å². The normalized spacial score (nSPS) is 15.2. The van der Waals surface area contributed by atoms with Crippen LogP contribution in [0, 0.1) is 0 Å². The Kier molecular flexibility index (Phi) is 13.6. The number of nitrogens with zero attached hydrogens (tertiary/aromatic N) is 3. The lowest BCUT2D eigenvalue weighted by atomic mass is 10.2. The summed E-state index contributed by atoms with van der Waals surface area (Å²) in [6.07, 6.45) is 2.09. The first-order chi connectivity index (χ1) is 13.2. The Bertz CT molecular complexity index is 567. The lowest BCUT2D eigenvalue weighted by Gasteiger charge is -2.36. The Morgan fingerprint density at radius 3 is 2.43 bits per heavy atom. The van der Waals surface area contributed by atoms with E-state index < -0.39 is 0 Å². The van der Waals surface area contributed by atoms with Gasteiger partial charge >= 0.3 is 0 Å². The zero-order valence-electron chi connectivity index (χ0n) is 17.1. The van der Waals surface area contributed by atoms with Crippen molar-refractivity contribution in [3.8, 4) is 0 Å². The molecule has 1 heterocycles. The third kappa shape index (κ3) is 9.15. The average Bonchev–Trinajstić information content (AvgIpc) is 2.70. The highest BCUT2D eigenvalue weighted by molar-refractivity contribution is 14.0. The van der Waals surface area contributed by atoms with Crippen LogP contribution in [-0.2, 0) is 4.74 Å². The number of nitrogens with one attached hydrogen (secondary N) is 2. The zero-order valence-corrected chi connectivity index (χ0v) is 20.2. The van der Waals surface area contributed by atoms with Crippen molar-refractivity contribution >= 4 is 47.2 Å². The number of ether oxygens (including phenoxy) is 1. The van der Waals surface area contributed by atoms with E-state index in [1.807, 2.05) is 26.1 Å². The minimum atomic E-state index is 0. The number of halogens is 2. The number of rotatable bonds is 10. The molecule has 160 valence electrons. The summed E-state index contributed by atoms with van der Waals surface area (Å²) in [5.74, 6) is 0.870. The number of para-hydroxylation sites is 1. The standard InChI is InChI=1S/C20H34ClN5O.HI/c1-3-27-17-7-11-24-20(22-2)23-10-6-12-25-13-15-26(16-14-25)19-9-5-4-8-18(19)21;/h4-5,8-9H,3,6-7,10-17H2,1-2H3,(H2,22,23,24);1H. The second-order valence-electron chi connectivity index (χ2n) is 6.61. The summed E-state index contributed by atoms with van der Waals surface area (Å²) in [5, 5.41) is 7.55. The maximum absolute atomic E-state index is 6.31. The van der Waals surface area contributed by atoms with E-state index in [4.69, 9.17) is 16.3 Å². The summed E-state index contributed by atoms with van der Waals surface area (Å²) in [5.41, 5.74) is 1.15. The third-order valence-corrected chi connectivity index (χ3v) is 5.01. The molecular weight excluding hydrogens is 489 g/mol. The van der Waals surface area contributed by atoms with Gasteiger partial charge in [-0.15, -0.1) is 24.0 Å². The molecule has 1 aromatic rings. The highest BCUT2D eigenvalue weighted by atomic mass is 127. The van der Waals surface area contributed by atoms with Crippen LogP contribution in [0.3, 0.4) is 0 Å². The molecule has 0 unspecified atom stereocenters. The van der Waals surface area contributed by atoms with Gasteiger partial charge < -0.3 is 20.3 Å². The predicted octanol–water partition coefficient (Wildman–Crippen LogP) is 3.06. The van der Waals surface area contributed by atoms with Gasteiger partial charge in [-0.2, -0.15) is 0 Å². The summed E-state index contributed by atoms with van der Waals surface area (Å²) < 4.78 is 5.34. The summed E-state index contributed by atoms with van der Waals surface area (Å²) >= 11 is 6.31. The third-order valence-electron chi connectivity index (χ3n) is 4.69. The van der Waals surface area contributed by atoms with Crippen molar-refractivity contribution in [2.75, 3.05) is 71.0 Å². The number of aliphatic imine (C=N–C) groups is 1. The van der Waals surface area contributed by atoms with E-state index in [-0.39, 0.29) is 24.0 Å². The van der Waals surface area contributed by atoms with E-state index in [1.54, 1.807) is 0 Å². The molecule has 1 aromatic carbocycles. The van der Waals surface area contributed by atoms with E-state index in [9.17, 15) is 0 Å². The molecule has 2 rings (SSSR count). The number of hydrogen-bond acceptors (Lipinski definition) is 4. The van der Waals surface area contributed by atoms with Crippen LogP contribution in [0.4, 0.5) is 5.69 Å². The van der Waals surface area contributed by atoms with Crippen molar-refractivity contribution in [2.24, 2.45) is 4.99 Å². The summed E-state index contributed by atoms with van der Waals surface area (Å²) in [6.45, 7) is 10.7. The smallest absolute Gasteiger partial charge is 0.190 e. The number of anilines is 1. The topological polar surface area (TPSA) is 52.1 Å². The molecule has 0 spiro atoms. The van der Waals surface area contributed by atoms with Gasteiger partial charge in [0.2, 0.25) is 0 Å². The van der Waals surface area contributed by atoms with Gasteiger partial charge in [-0.3, -0.25) is 9.89 Å². The van der Waals surface area contributed by atoms with E-state index in [1.165, 1.54) is 0 Å². The minimum Gasteiger partial charge on any atom is -0.382 e. The van der Waals surface area contributed by atoms with Crippen LogP contribution >= 0.6 is 35.6 Å². The number of guanidine groups is 1. The molecule has 0 aliphatic carbocycles. The molecule has 0 radical (unpaired) electrons. The molecule has 0 aromatic heterocycles. The second kappa shape index (κ2) is 15.1. The maximum Gasteiger partial charge on any atom is 0.190 e. The summed E-state index contributed by atoms with van der Waals surface area (Å²) in [6, 6.07) is 8.11. The van der Waals surface area contributed by atoms with Crippen molar-refractivity contribution in [3.63, 3.8) is 0 Å². The van der Waals surface area contributed by atoms with Crippen LogP contribution in [0.1, 0.15) is 19.8 Å². The fraction of sp³-hybridized carbons (Fsp3) is 0.650. The fourth-order valence-corrected chi connectivity index (χ4v) is 3.43. The zero-order chi connectivity index (χ0) is 19.3. The van der Waals surface area contributed by atoms with Gasteiger partial charge in [0, 0.05) is 59.5 Å². The molecule has 0 amide bonds. The van der Waals surface area contributed by atoms with E-state index in [0.717, 1.165) is 88.5 Å². The molecule has 1 aliphatic rings. The lowest BCUT2D eigenvalue weighted by Crippen LogP contribution is -2.47. The maximum atomic E-state index is 6.31. The molecule has 6 nitrogen and oxygen atoms in total. The number of hydrogen-bond donors (Lipinski definition) is 2. The van der Waals surface area contributed by atoms with Crippen molar-refractivity contribution in [1.29, 1.82) is 0 Å². The summed E-state index contributed by atoms with van der Waals surface area (Å²) in [4.78, 5) is 9.16. The van der Waals surface area contributed by atoms with Gasteiger partial charge in [0.25, 0.3) is 0 Å². The van der Waals surface area contributed by atoms with Crippen LogP contribution in [0.25, 0.3) is 0 Å². The van der Waals surface area contributed by atoms with E-state index >= 15 is 0 Å². The van der Waals surface area contributed by atoms with Crippen molar-refractivity contribution < 1.29 is 4.74 Å². The highest BCUT2D eigenvalue weighted by Crippen LogP contribution is 2.25. The number of benzene rings is 1.